The van der Waals surface area contributed by atoms with Crippen molar-refractivity contribution in [1.82, 2.24) is 9.80 Å². The summed E-state index contributed by atoms with van der Waals surface area (Å²) < 4.78 is 0. The molecule has 1 amide bonds. The van der Waals surface area contributed by atoms with Crippen LogP contribution < -0.4 is 0 Å². The number of likely N-dealkylation sites (tertiary alicyclic amines) is 2. The van der Waals surface area contributed by atoms with Crippen LogP contribution in [0.1, 0.15) is 77.0 Å². The molecule has 3 nitrogen and oxygen atoms in total. The lowest BCUT2D eigenvalue weighted by atomic mass is 9.81. The molecule has 3 heteroatoms. The van der Waals surface area contributed by atoms with Crippen molar-refractivity contribution in [1.29, 1.82) is 0 Å². The van der Waals surface area contributed by atoms with Crippen LogP contribution in [-0.2, 0) is 4.79 Å². The molecule has 4 aliphatic rings. The van der Waals surface area contributed by atoms with Gasteiger partial charge in [-0.3, -0.25) is 9.69 Å². The number of amides is 1. The van der Waals surface area contributed by atoms with E-state index < -0.39 is 0 Å². The SMILES string of the molecule is O=C1CC[C@@H]2CN(C3CCCC3)CC[C@@H]2N1CC1CCCCC1. The largest absolute Gasteiger partial charge is 0.339 e. The molecule has 0 unspecified atom stereocenters. The van der Waals surface area contributed by atoms with Gasteiger partial charge in [0, 0.05) is 38.1 Å². The van der Waals surface area contributed by atoms with Crippen LogP contribution in [0.15, 0.2) is 0 Å². The van der Waals surface area contributed by atoms with Gasteiger partial charge in [-0.15, -0.1) is 0 Å². The third-order valence-electron chi connectivity index (χ3n) is 7.20. The van der Waals surface area contributed by atoms with E-state index in [1.807, 2.05) is 0 Å². The fraction of sp³-hybridized carbons (Fsp3) is 0.950. The third-order valence-corrected chi connectivity index (χ3v) is 7.20. The van der Waals surface area contributed by atoms with Crippen molar-refractivity contribution >= 4 is 5.91 Å². The molecule has 0 aromatic heterocycles. The summed E-state index contributed by atoms with van der Waals surface area (Å²) in [6.45, 7) is 3.58. The number of nitrogens with zero attached hydrogens (tertiary/aromatic N) is 2. The van der Waals surface area contributed by atoms with Crippen molar-refractivity contribution in [2.75, 3.05) is 19.6 Å². The Balaban J connectivity index is 1.38. The molecular formula is C20H34N2O. The monoisotopic (exact) mass is 318 g/mol. The fourth-order valence-electron chi connectivity index (χ4n) is 5.87. The average molecular weight is 319 g/mol. The Bertz CT molecular complexity index is 412. The van der Waals surface area contributed by atoms with Gasteiger partial charge in [-0.1, -0.05) is 32.1 Å². The minimum Gasteiger partial charge on any atom is -0.339 e. The number of carbonyl (C=O) groups excluding carboxylic acids is 1. The molecule has 2 heterocycles. The molecule has 4 fully saturated rings. The van der Waals surface area contributed by atoms with E-state index in [4.69, 9.17) is 0 Å². The summed E-state index contributed by atoms with van der Waals surface area (Å²) >= 11 is 0. The summed E-state index contributed by atoms with van der Waals surface area (Å²) in [6.07, 6.45) is 15.8. The molecule has 130 valence electrons. The predicted molar refractivity (Wildman–Crippen MR) is 93.2 cm³/mol. The van der Waals surface area contributed by atoms with Crippen molar-refractivity contribution in [3.8, 4) is 0 Å². The Kier molecular flexibility index (Phi) is 4.93. The van der Waals surface area contributed by atoms with Crippen LogP contribution in [0.2, 0.25) is 0 Å². The quantitative estimate of drug-likeness (QED) is 0.790. The lowest BCUT2D eigenvalue weighted by Gasteiger charge is -2.49. The minimum absolute atomic E-state index is 0.464. The third kappa shape index (κ3) is 3.45. The molecule has 2 aliphatic heterocycles. The van der Waals surface area contributed by atoms with E-state index >= 15 is 0 Å². The first-order valence-corrected chi connectivity index (χ1v) is 10.3. The molecular weight excluding hydrogens is 284 g/mol. The zero-order valence-corrected chi connectivity index (χ0v) is 14.7. The van der Waals surface area contributed by atoms with Crippen molar-refractivity contribution in [3.05, 3.63) is 0 Å². The second-order valence-corrected chi connectivity index (χ2v) is 8.64. The molecule has 4 rings (SSSR count). The summed E-state index contributed by atoms with van der Waals surface area (Å²) in [6, 6.07) is 1.43. The molecule has 0 radical (unpaired) electrons. The summed E-state index contributed by atoms with van der Waals surface area (Å²) in [5.74, 6) is 2.01. The Labute approximate surface area is 141 Å². The van der Waals surface area contributed by atoms with Gasteiger partial charge in [0.05, 0.1) is 0 Å². The van der Waals surface area contributed by atoms with Gasteiger partial charge >= 0.3 is 0 Å². The van der Waals surface area contributed by atoms with E-state index in [0.717, 1.165) is 37.3 Å². The normalized spacial score (nSPS) is 34.8. The molecule has 2 atom stereocenters. The predicted octanol–water partition coefficient (Wildman–Crippen LogP) is 3.82. The van der Waals surface area contributed by atoms with Crippen molar-refractivity contribution in [2.45, 2.75) is 89.1 Å². The topological polar surface area (TPSA) is 23.6 Å². The first kappa shape index (κ1) is 15.9. The van der Waals surface area contributed by atoms with Gasteiger partial charge in [-0.2, -0.15) is 0 Å². The van der Waals surface area contributed by atoms with Gasteiger partial charge in [0.2, 0.25) is 5.91 Å². The number of rotatable bonds is 3. The van der Waals surface area contributed by atoms with Crippen LogP contribution >= 0.6 is 0 Å². The van der Waals surface area contributed by atoms with Gasteiger partial charge < -0.3 is 4.90 Å². The first-order valence-electron chi connectivity index (χ1n) is 10.3. The highest BCUT2D eigenvalue weighted by Crippen LogP contribution is 2.36. The van der Waals surface area contributed by atoms with Crippen LogP contribution in [0.3, 0.4) is 0 Å². The van der Waals surface area contributed by atoms with Crippen LogP contribution in [0.25, 0.3) is 0 Å². The van der Waals surface area contributed by atoms with E-state index in [9.17, 15) is 4.79 Å². The molecule has 0 spiro atoms. The van der Waals surface area contributed by atoms with Crippen molar-refractivity contribution < 1.29 is 4.79 Å². The Morgan fingerprint density at radius 2 is 1.61 bits per heavy atom. The minimum atomic E-state index is 0.464. The maximum Gasteiger partial charge on any atom is 0.222 e. The van der Waals surface area contributed by atoms with Crippen molar-refractivity contribution in [3.63, 3.8) is 0 Å². The number of hydrogen-bond acceptors (Lipinski definition) is 2. The van der Waals surface area contributed by atoms with Crippen LogP contribution in [0.5, 0.6) is 0 Å². The molecule has 2 saturated carbocycles. The average Bonchev–Trinajstić information content (AvgIpc) is 3.13. The Hall–Kier alpha value is -0.570. The first-order chi connectivity index (χ1) is 11.3. The smallest absolute Gasteiger partial charge is 0.222 e. The Morgan fingerprint density at radius 3 is 2.39 bits per heavy atom. The molecule has 23 heavy (non-hydrogen) atoms. The highest BCUT2D eigenvalue weighted by Gasteiger charge is 2.41. The number of hydrogen-bond donors (Lipinski definition) is 0. The van der Waals surface area contributed by atoms with E-state index in [-0.39, 0.29) is 0 Å². The molecule has 0 aromatic rings. The zero-order valence-electron chi connectivity index (χ0n) is 14.7. The molecule has 2 aliphatic carbocycles. The maximum absolute atomic E-state index is 12.6. The standard InChI is InChI=1S/C20H34N2O/c23-20-11-10-17-15-21(18-8-4-5-9-18)13-12-19(17)22(20)14-16-6-2-1-3-7-16/h16-19H,1-15H2/t17-,19+/m1/s1. The molecule has 0 bridgehead atoms. The number of carbonyl (C=O) groups is 1. The maximum atomic E-state index is 12.6. The van der Waals surface area contributed by atoms with Crippen molar-refractivity contribution in [2.24, 2.45) is 11.8 Å². The summed E-state index contributed by atoms with van der Waals surface area (Å²) in [5, 5.41) is 0. The molecule has 0 N–H and O–H groups in total. The number of fused-ring (bicyclic) bond motifs is 1. The summed E-state index contributed by atoms with van der Waals surface area (Å²) in [7, 11) is 0. The van der Waals surface area contributed by atoms with E-state index in [2.05, 4.69) is 9.80 Å². The van der Waals surface area contributed by atoms with Gasteiger partial charge in [0.25, 0.3) is 0 Å². The second kappa shape index (κ2) is 7.13. The van der Waals surface area contributed by atoms with E-state index in [1.54, 1.807) is 0 Å². The van der Waals surface area contributed by atoms with Gasteiger partial charge in [-0.05, 0) is 50.4 Å². The van der Waals surface area contributed by atoms with Crippen LogP contribution in [0, 0.1) is 11.8 Å². The zero-order chi connectivity index (χ0) is 15.6. The van der Waals surface area contributed by atoms with Gasteiger partial charge in [0.15, 0.2) is 0 Å². The van der Waals surface area contributed by atoms with Crippen LogP contribution in [-0.4, -0.2) is 47.4 Å². The number of piperidine rings is 2. The fourth-order valence-corrected chi connectivity index (χ4v) is 5.87. The summed E-state index contributed by atoms with van der Waals surface area (Å²) in [4.78, 5) is 17.7. The van der Waals surface area contributed by atoms with Crippen LogP contribution in [0.4, 0.5) is 0 Å². The highest BCUT2D eigenvalue weighted by molar-refractivity contribution is 5.77. The molecule has 0 aromatic carbocycles. The molecule has 2 saturated heterocycles. The summed E-state index contributed by atoms with van der Waals surface area (Å²) in [5.41, 5.74) is 0. The van der Waals surface area contributed by atoms with E-state index in [1.165, 1.54) is 77.3 Å². The highest BCUT2D eigenvalue weighted by atomic mass is 16.2. The van der Waals surface area contributed by atoms with Gasteiger partial charge in [0.1, 0.15) is 0 Å². The lowest BCUT2D eigenvalue weighted by Crippen LogP contribution is -2.58. The van der Waals surface area contributed by atoms with Gasteiger partial charge in [-0.25, -0.2) is 0 Å². The lowest BCUT2D eigenvalue weighted by molar-refractivity contribution is -0.142. The Morgan fingerprint density at radius 1 is 0.870 bits per heavy atom. The van der Waals surface area contributed by atoms with E-state index in [0.29, 0.717) is 11.9 Å². The second-order valence-electron chi connectivity index (χ2n) is 8.64.